The van der Waals surface area contributed by atoms with Crippen molar-refractivity contribution in [1.29, 1.82) is 0 Å². The maximum atomic E-state index is 8.66. The molecule has 0 unspecified atom stereocenters. The van der Waals surface area contributed by atoms with Gasteiger partial charge in [-0.25, -0.2) is 0 Å². The molecule has 0 aromatic rings. The van der Waals surface area contributed by atoms with E-state index in [-0.39, 0.29) is 24.0 Å². The van der Waals surface area contributed by atoms with Crippen molar-refractivity contribution >= 4 is 46.0 Å². The van der Waals surface area contributed by atoms with E-state index in [4.69, 9.17) is 6.40 Å². The van der Waals surface area contributed by atoms with Gasteiger partial charge in [0.15, 0.2) is 0 Å². The first-order valence-corrected chi connectivity index (χ1v) is 2.87. The summed E-state index contributed by atoms with van der Waals surface area (Å²) in [6.07, 6.45) is 0. The molecule has 0 aliphatic heterocycles. The second-order valence-electron chi connectivity index (χ2n) is 0.0913. The van der Waals surface area contributed by atoms with Crippen molar-refractivity contribution in [2.24, 2.45) is 0 Å². The molecule has 0 aromatic carbocycles. The third kappa shape index (κ3) is 10.3. The molecule has 0 heterocycles. The van der Waals surface area contributed by atoms with Gasteiger partial charge >= 0.3 is 28.4 Å². The average molecular weight is 284 g/mol. The van der Waals surface area contributed by atoms with Crippen LogP contribution in [0.3, 0.4) is 0 Å². The van der Waals surface area contributed by atoms with Crippen LogP contribution in [0.1, 0.15) is 0 Å². The molecular formula is H3IO2Sb. The van der Waals surface area contributed by atoms with Gasteiger partial charge in [-0.3, -0.25) is 0 Å². The molecule has 0 saturated carbocycles. The van der Waals surface area contributed by atoms with E-state index in [0.29, 0.717) is 0 Å². The fourth-order valence-electron chi connectivity index (χ4n) is 0. The molecule has 2 nitrogen and oxygen atoms in total. The summed E-state index contributed by atoms with van der Waals surface area (Å²) in [6.45, 7) is 0. The monoisotopic (exact) mass is 283 g/mol. The zero-order valence-electron chi connectivity index (χ0n) is 1.76. The van der Waals surface area contributed by atoms with Crippen molar-refractivity contribution in [2.75, 3.05) is 0 Å². The Morgan fingerprint density at radius 1 is 1.75 bits per heavy atom. The fourth-order valence-corrected chi connectivity index (χ4v) is 0. The van der Waals surface area contributed by atoms with E-state index in [1.54, 1.807) is 0 Å². The van der Waals surface area contributed by atoms with Gasteiger partial charge in [0, 0.05) is 0 Å². The Balaban J connectivity index is 0. The summed E-state index contributed by atoms with van der Waals surface area (Å²) in [6, 6.07) is 0. The molecular weight excluding hydrogens is 281 g/mol. The first-order chi connectivity index (χ1) is 1.41. The molecule has 1 N–H and O–H groups in total. The molecule has 27 valence electrons. The first kappa shape index (κ1) is 9.00. The van der Waals surface area contributed by atoms with Crippen LogP contribution in [0.2, 0.25) is 0 Å². The molecule has 0 aromatic heterocycles. The summed E-state index contributed by atoms with van der Waals surface area (Å²) in [4.78, 5) is 0. The molecule has 0 aliphatic rings. The minimum absolute atomic E-state index is 0. The molecule has 4 heavy (non-hydrogen) atoms. The van der Waals surface area contributed by atoms with Gasteiger partial charge in [-0.2, -0.15) is 0 Å². The second-order valence-corrected chi connectivity index (χ2v) is 0.612. The Bertz CT molecular complexity index is 13.5. The molecule has 0 rings (SSSR count). The summed E-state index contributed by atoms with van der Waals surface area (Å²) < 4.78 is 15.8. The normalized spacial score (nSPS) is 3.25. The van der Waals surface area contributed by atoms with Gasteiger partial charge in [0.1, 0.15) is 0 Å². The number of halogens is 1. The van der Waals surface area contributed by atoms with Gasteiger partial charge in [-0.15, -0.1) is 24.0 Å². The zero-order valence-corrected chi connectivity index (χ0v) is 6.95. The molecule has 0 spiro atoms. The second kappa shape index (κ2) is 8.85. The zero-order chi connectivity index (χ0) is 2.71. The van der Waals surface area contributed by atoms with Crippen molar-refractivity contribution in [1.82, 2.24) is 0 Å². The van der Waals surface area contributed by atoms with Crippen LogP contribution in [0.25, 0.3) is 0 Å². The standard InChI is InChI=1S/HI.H2O.O.Sb.H/h1H;1H2;;;/q;;;+1;/p-1. The van der Waals surface area contributed by atoms with E-state index in [1.807, 2.05) is 0 Å². The third-order valence-electron chi connectivity index (χ3n) is 0. The minimum atomic E-state index is -2.02. The Kier molecular flexibility index (Phi) is 19.9. The van der Waals surface area contributed by atoms with Gasteiger partial charge in [-0.05, 0) is 0 Å². The van der Waals surface area contributed by atoms with Crippen molar-refractivity contribution < 1.29 is 6.40 Å². The molecule has 4 heteroatoms. The molecule has 0 fully saturated rings. The molecule has 0 atom stereocenters. The number of rotatable bonds is 0. The van der Waals surface area contributed by atoms with Crippen molar-refractivity contribution in [2.45, 2.75) is 0 Å². The van der Waals surface area contributed by atoms with E-state index in [1.165, 1.54) is 0 Å². The Morgan fingerprint density at radius 2 is 1.75 bits per heavy atom. The molecule has 0 aliphatic carbocycles. The molecule has 0 amide bonds. The van der Waals surface area contributed by atoms with Gasteiger partial charge in [-0.1, -0.05) is 0 Å². The van der Waals surface area contributed by atoms with E-state index < -0.39 is 22.0 Å². The molecule has 1 radical (unpaired) electrons. The quantitative estimate of drug-likeness (QED) is 0.471. The summed E-state index contributed by atoms with van der Waals surface area (Å²) in [5, 5.41) is 0. The van der Waals surface area contributed by atoms with Crippen molar-refractivity contribution in [3.8, 4) is 0 Å². The molecule has 0 bridgehead atoms. The number of hydrogen-bond donors (Lipinski definition) is 1. The van der Waals surface area contributed by atoms with E-state index in [9.17, 15) is 0 Å². The van der Waals surface area contributed by atoms with Crippen molar-refractivity contribution in [3.05, 3.63) is 0 Å². The summed E-state index contributed by atoms with van der Waals surface area (Å²) in [5.74, 6) is 0. The van der Waals surface area contributed by atoms with Crippen LogP contribution in [0.15, 0.2) is 0 Å². The van der Waals surface area contributed by atoms with Crippen LogP contribution < -0.4 is 0 Å². The van der Waals surface area contributed by atoms with Gasteiger partial charge < -0.3 is 0 Å². The van der Waals surface area contributed by atoms with Gasteiger partial charge in [0.2, 0.25) is 0 Å². The predicted molar refractivity (Wildman–Crippen MR) is 25.5 cm³/mol. The van der Waals surface area contributed by atoms with Gasteiger partial charge in [0.25, 0.3) is 0 Å². The summed E-state index contributed by atoms with van der Waals surface area (Å²) >= 11 is -2.02. The van der Waals surface area contributed by atoms with Crippen LogP contribution in [0.4, 0.5) is 0 Å². The summed E-state index contributed by atoms with van der Waals surface area (Å²) in [5.41, 5.74) is 0. The Labute approximate surface area is 52.1 Å². The van der Waals surface area contributed by atoms with Crippen molar-refractivity contribution in [3.63, 3.8) is 0 Å². The van der Waals surface area contributed by atoms with E-state index in [0.717, 1.165) is 0 Å². The average Bonchev–Trinajstić information content (AvgIpc) is 0.918. The number of hydrogen-bond acceptors (Lipinski definition) is 1. The van der Waals surface area contributed by atoms with Gasteiger partial charge in [0.05, 0.1) is 0 Å². The van der Waals surface area contributed by atoms with Crippen LogP contribution >= 0.6 is 24.0 Å². The van der Waals surface area contributed by atoms with Crippen LogP contribution in [-0.2, 0) is 3.02 Å². The fraction of sp³-hybridized carbons (Fsp3) is 0. The SMILES string of the molecule is I.[O]=[SbH][OH]. The molecule has 0 saturated heterocycles. The van der Waals surface area contributed by atoms with Crippen LogP contribution in [0, 0.1) is 0 Å². The Hall–Kier alpha value is 1.31. The maximum absolute atomic E-state index is 8.66. The summed E-state index contributed by atoms with van der Waals surface area (Å²) in [7, 11) is 0. The topological polar surface area (TPSA) is 37.3 Å². The van der Waals surface area contributed by atoms with Crippen LogP contribution in [0.5, 0.6) is 0 Å². The first-order valence-electron chi connectivity index (χ1n) is 0.428. The Morgan fingerprint density at radius 3 is 1.75 bits per heavy atom. The van der Waals surface area contributed by atoms with Crippen LogP contribution in [-0.4, -0.2) is 25.4 Å². The third-order valence-corrected chi connectivity index (χ3v) is 0. The predicted octanol–water partition coefficient (Wildman–Crippen LogP) is -0.706. The van der Waals surface area contributed by atoms with E-state index in [2.05, 4.69) is 0 Å². The van der Waals surface area contributed by atoms with E-state index >= 15 is 0 Å².